The molecule has 33 heavy (non-hydrogen) atoms. The highest BCUT2D eigenvalue weighted by atomic mass is 32.2. The van der Waals surface area contributed by atoms with E-state index in [4.69, 9.17) is 5.26 Å². The van der Waals surface area contributed by atoms with Gasteiger partial charge in [-0.25, -0.2) is 24.8 Å². The van der Waals surface area contributed by atoms with Gasteiger partial charge >= 0.3 is 0 Å². The Balaban J connectivity index is 0.000000186. The Labute approximate surface area is 195 Å². The van der Waals surface area contributed by atoms with Crippen LogP contribution in [0.2, 0.25) is 0 Å². The molecule has 4 rings (SSSR count). The first kappa shape index (κ1) is 24.8. The summed E-state index contributed by atoms with van der Waals surface area (Å²) in [5, 5.41) is 18.3. The van der Waals surface area contributed by atoms with Crippen molar-refractivity contribution < 1.29 is 16.8 Å². The zero-order valence-corrected chi connectivity index (χ0v) is 21.1. The van der Waals surface area contributed by atoms with Crippen LogP contribution < -0.4 is 0 Å². The highest BCUT2D eigenvalue weighted by molar-refractivity contribution is 7.89. The lowest BCUT2D eigenvalue weighted by atomic mass is 9.75. The zero-order valence-electron chi connectivity index (χ0n) is 19.5. The molecule has 0 saturated heterocycles. The Morgan fingerprint density at radius 3 is 2.06 bits per heavy atom. The summed E-state index contributed by atoms with van der Waals surface area (Å²) in [6.07, 6.45) is 8.02. The lowest BCUT2D eigenvalue weighted by molar-refractivity contribution is 0.486. The van der Waals surface area contributed by atoms with Gasteiger partial charge in [0.2, 0.25) is 20.0 Å². The fourth-order valence-corrected chi connectivity index (χ4v) is 7.21. The molecule has 0 aliphatic heterocycles. The minimum absolute atomic E-state index is 0.547. The van der Waals surface area contributed by atoms with Gasteiger partial charge in [-0.3, -0.25) is 0 Å². The molecular weight excluding hydrogens is 460 g/mol. The molecule has 2 aromatic heterocycles. The minimum Gasteiger partial charge on any atom is -0.247 e. The molecule has 0 fully saturated rings. The summed E-state index contributed by atoms with van der Waals surface area (Å²) in [5.41, 5.74) is 4.56. The third-order valence-corrected chi connectivity index (χ3v) is 8.54. The van der Waals surface area contributed by atoms with Crippen LogP contribution in [0, 0.1) is 36.5 Å². The molecule has 0 saturated carbocycles. The summed E-state index contributed by atoms with van der Waals surface area (Å²) >= 11 is 0. The summed E-state index contributed by atoms with van der Waals surface area (Å²) < 4.78 is 49.5. The van der Waals surface area contributed by atoms with Gasteiger partial charge in [0.1, 0.15) is 0 Å². The fraction of sp³-hybridized carbons (Fsp3) is 0.478. The van der Waals surface area contributed by atoms with Crippen molar-refractivity contribution in [2.24, 2.45) is 0 Å². The maximum Gasteiger partial charge on any atom is 0.236 e. The van der Waals surface area contributed by atoms with Gasteiger partial charge in [0.15, 0.2) is 0 Å². The van der Waals surface area contributed by atoms with Gasteiger partial charge in [-0.05, 0) is 70.6 Å². The van der Waals surface area contributed by atoms with Crippen molar-refractivity contribution in [2.45, 2.75) is 58.3 Å². The molecule has 0 bridgehead atoms. The summed E-state index contributed by atoms with van der Waals surface area (Å²) in [6, 6.07) is 8.04. The second-order valence-electron chi connectivity index (χ2n) is 8.91. The molecule has 0 spiro atoms. The summed E-state index contributed by atoms with van der Waals surface area (Å²) in [4.78, 5) is 0. The first-order chi connectivity index (χ1) is 15.2. The van der Waals surface area contributed by atoms with E-state index in [0.717, 1.165) is 48.2 Å². The first-order valence-corrected chi connectivity index (χ1v) is 14.3. The van der Waals surface area contributed by atoms with Gasteiger partial charge in [-0.2, -0.15) is 10.5 Å². The fourth-order valence-electron chi connectivity index (χ4n) is 4.88. The lowest BCUT2D eigenvalue weighted by Gasteiger charge is -2.27. The molecule has 176 valence electrons. The van der Waals surface area contributed by atoms with Gasteiger partial charge in [0, 0.05) is 28.3 Å². The summed E-state index contributed by atoms with van der Waals surface area (Å²) in [5.74, 6) is 0. The maximum atomic E-state index is 11.8. The molecule has 1 unspecified atom stereocenters. The standard InChI is InChI=1S/C12H16N2O2S.C11H12N2O2S/c1-9-7-10-11(14(9)17(3,15)16)5-4-6-12(10,2)8-13;1-8-6-10-9(7-12)4-3-5-11(10)13(8)16(2,14)15/h7H,4-6H2,1-3H3;4,6H,3,5H2,1-2H3. The maximum absolute atomic E-state index is 11.8. The van der Waals surface area contributed by atoms with Crippen LogP contribution in [0.4, 0.5) is 0 Å². The second-order valence-corrected chi connectivity index (χ2v) is 12.6. The number of aromatic nitrogens is 2. The molecule has 2 heterocycles. The van der Waals surface area contributed by atoms with Crippen molar-refractivity contribution in [1.29, 1.82) is 10.5 Å². The number of rotatable bonds is 2. The molecule has 8 nitrogen and oxygen atoms in total. The normalized spacial score (nSPS) is 19.8. The van der Waals surface area contributed by atoms with E-state index < -0.39 is 25.5 Å². The van der Waals surface area contributed by atoms with Gasteiger partial charge in [-0.15, -0.1) is 0 Å². The third-order valence-electron chi connectivity index (χ3n) is 6.19. The topological polar surface area (TPSA) is 126 Å². The molecule has 2 aliphatic carbocycles. The molecule has 2 aromatic rings. The van der Waals surface area contributed by atoms with Crippen molar-refractivity contribution in [1.82, 2.24) is 7.94 Å². The van der Waals surface area contributed by atoms with E-state index in [2.05, 4.69) is 12.1 Å². The van der Waals surface area contributed by atoms with Crippen LogP contribution in [-0.4, -0.2) is 37.3 Å². The van der Waals surface area contributed by atoms with Gasteiger partial charge in [0.25, 0.3) is 0 Å². The Morgan fingerprint density at radius 1 is 0.939 bits per heavy atom. The van der Waals surface area contributed by atoms with Crippen LogP contribution in [0.1, 0.15) is 60.1 Å². The van der Waals surface area contributed by atoms with E-state index in [1.54, 1.807) is 19.9 Å². The SMILES string of the molecule is Cc1cc2c(n1S(C)(=O)=O)CCC=C2C#N.Cc1cc2c(n1S(C)(=O)=O)CCCC2(C)C#N. The number of nitrogens with zero attached hydrogens (tertiary/aromatic N) is 4. The van der Waals surface area contributed by atoms with Crippen LogP contribution in [-0.2, 0) is 38.3 Å². The third kappa shape index (κ3) is 4.50. The molecule has 1 atom stereocenters. The molecule has 0 aromatic carbocycles. The average Bonchev–Trinajstić information content (AvgIpc) is 3.24. The van der Waals surface area contributed by atoms with Crippen molar-refractivity contribution >= 4 is 25.6 Å². The Kier molecular flexibility index (Phi) is 6.40. The quantitative estimate of drug-likeness (QED) is 0.639. The minimum atomic E-state index is -3.28. The summed E-state index contributed by atoms with van der Waals surface area (Å²) in [7, 11) is -6.57. The largest absolute Gasteiger partial charge is 0.247 e. The van der Waals surface area contributed by atoms with E-state index >= 15 is 0 Å². The van der Waals surface area contributed by atoms with Crippen LogP contribution in [0.3, 0.4) is 0 Å². The molecule has 10 heteroatoms. The highest BCUT2D eigenvalue weighted by Crippen LogP contribution is 2.39. The number of aryl methyl sites for hydroxylation is 2. The van der Waals surface area contributed by atoms with Crippen molar-refractivity contribution in [3.63, 3.8) is 0 Å². The highest BCUT2D eigenvalue weighted by Gasteiger charge is 2.36. The average molecular weight is 489 g/mol. The van der Waals surface area contributed by atoms with Crippen LogP contribution >= 0.6 is 0 Å². The van der Waals surface area contributed by atoms with E-state index in [0.29, 0.717) is 23.4 Å². The molecular formula is C23H28N4O4S2. The van der Waals surface area contributed by atoms with Crippen molar-refractivity contribution in [3.05, 3.63) is 52.1 Å². The van der Waals surface area contributed by atoms with E-state index in [-0.39, 0.29) is 0 Å². The molecule has 2 aliphatic rings. The summed E-state index contributed by atoms with van der Waals surface area (Å²) in [6.45, 7) is 5.41. The molecule has 0 radical (unpaired) electrons. The first-order valence-electron chi connectivity index (χ1n) is 10.6. The Morgan fingerprint density at radius 2 is 1.52 bits per heavy atom. The lowest BCUT2D eigenvalue weighted by Crippen LogP contribution is -2.27. The predicted octanol–water partition coefficient (Wildman–Crippen LogP) is 3.18. The smallest absolute Gasteiger partial charge is 0.236 e. The van der Waals surface area contributed by atoms with Crippen LogP contribution in [0.15, 0.2) is 18.2 Å². The van der Waals surface area contributed by atoms with Gasteiger partial charge in [-0.1, -0.05) is 6.08 Å². The Bertz CT molecular complexity index is 1440. The van der Waals surface area contributed by atoms with E-state index in [9.17, 15) is 22.1 Å². The number of allylic oxidation sites excluding steroid dienone is 2. The number of hydrogen-bond acceptors (Lipinski definition) is 6. The Hall–Kier alpha value is -2.82. The number of fused-ring (bicyclic) bond motifs is 2. The molecule has 0 amide bonds. The second kappa shape index (κ2) is 8.51. The number of nitriles is 2. The molecule has 0 N–H and O–H groups in total. The van der Waals surface area contributed by atoms with Crippen molar-refractivity contribution in [2.75, 3.05) is 12.5 Å². The van der Waals surface area contributed by atoms with Gasteiger partial charge in [0.05, 0.1) is 35.6 Å². The van der Waals surface area contributed by atoms with Gasteiger partial charge < -0.3 is 0 Å². The number of hydrogen-bond donors (Lipinski definition) is 0. The zero-order chi connectivity index (χ0) is 24.8. The van der Waals surface area contributed by atoms with E-state index in [1.165, 1.54) is 20.5 Å². The van der Waals surface area contributed by atoms with Crippen LogP contribution in [0.25, 0.3) is 5.57 Å². The predicted molar refractivity (Wildman–Crippen MR) is 127 cm³/mol. The van der Waals surface area contributed by atoms with Crippen molar-refractivity contribution in [3.8, 4) is 12.1 Å². The van der Waals surface area contributed by atoms with E-state index in [1.807, 2.05) is 19.1 Å². The monoisotopic (exact) mass is 488 g/mol. The van der Waals surface area contributed by atoms with Crippen LogP contribution in [0.5, 0.6) is 0 Å².